The molecule has 0 spiro atoms. The van der Waals surface area contributed by atoms with Crippen molar-refractivity contribution in [2.24, 2.45) is 5.92 Å². The van der Waals surface area contributed by atoms with E-state index in [1.165, 1.54) is 0 Å². The highest BCUT2D eigenvalue weighted by Gasteiger charge is 2.25. The number of aromatic amines is 1. The van der Waals surface area contributed by atoms with Gasteiger partial charge in [0.05, 0.1) is 24.5 Å². The number of aromatic nitrogens is 2. The lowest BCUT2D eigenvalue weighted by Crippen LogP contribution is -2.36. The Bertz CT molecular complexity index is 1200. The molecule has 6 nitrogen and oxygen atoms in total. The summed E-state index contributed by atoms with van der Waals surface area (Å²) in [5, 5.41) is 4.48. The number of fused-ring (bicyclic) bond motifs is 1. The summed E-state index contributed by atoms with van der Waals surface area (Å²) < 4.78 is 5.85. The van der Waals surface area contributed by atoms with Gasteiger partial charge in [-0.3, -0.25) is 4.79 Å². The van der Waals surface area contributed by atoms with Crippen molar-refractivity contribution in [2.75, 3.05) is 31.6 Å². The summed E-state index contributed by atoms with van der Waals surface area (Å²) in [4.78, 5) is 23.3. The van der Waals surface area contributed by atoms with E-state index in [9.17, 15) is 4.79 Å². The van der Waals surface area contributed by atoms with Crippen LogP contribution in [0.4, 0.5) is 11.4 Å². The summed E-state index contributed by atoms with van der Waals surface area (Å²) in [6.45, 7) is 2.39. The molecule has 6 heteroatoms. The van der Waals surface area contributed by atoms with E-state index in [-0.39, 0.29) is 11.8 Å². The van der Waals surface area contributed by atoms with Crippen LogP contribution in [0.2, 0.25) is 0 Å². The molecule has 32 heavy (non-hydrogen) atoms. The van der Waals surface area contributed by atoms with Gasteiger partial charge in [-0.1, -0.05) is 30.3 Å². The van der Waals surface area contributed by atoms with Gasteiger partial charge in [0.25, 0.3) is 5.91 Å². The number of benzene rings is 2. The quantitative estimate of drug-likeness (QED) is 0.488. The minimum Gasteiger partial charge on any atom is -0.379 e. The van der Waals surface area contributed by atoms with Gasteiger partial charge in [-0.25, -0.2) is 4.98 Å². The molecule has 1 aliphatic rings. The van der Waals surface area contributed by atoms with Crippen molar-refractivity contribution >= 4 is 28.3 Å². The van der Waals surface area contributed by atoms with Gasteiger partial charge in [0, 0.05) is 42.0 Å². The molecule has 1 fully saturated rings. The summed E-state index contributed by atoms with van der Waals surface area (Å²) in [5.41, 5.74) is 4.34. The monoisotopic (exact) mass is 426 g/mol. The van der Waals surface area contributed by atoms with Gasteiger partial charge in [-0.15, -0.1) is 0 Å². The number of nitrogens with one attached hydrogen (secondary N) is 2. The number of carbonyl (C=O) groups excluding carboxylic acids is 1. The van der Waals surface area contributed by atoms with Crippen molar-refractivity contribution in [1.82, 2.24) is 14.9 Å². The first kappa shape index (κ1) is 20.3. The number of pyridine rings is 1. The molecular formula is C26H26N4O2. The van der Waals surface area contributed by atoms with Gasteiger partial charge in [-0.2, -0.15) is 0 Å². The van der Waals surface area contributed by atoms with Crippen molar-refractivity contribution in [2.45, 2.75) is 6.42 Å². The SMILES string of the molecule is O=C(c1ccccc1Nc1ccccc1)N1CCOC[C@@H](Cc2ccc3cc[nH]c3n2)C1. The molecule has 1 atom stereocenters. The van der Waals surface area contributed by atoms with Gasteiger partial charge in [0.2, 0.25) is 0 Å². The topological polar surface area (TPSA) is 70.2 Å². The normalized spacial score (nSPS) is 16.6. The van der Waals surface area contributed by atoms with Crippen LogP contribution in [0, 0.1) is 5.92 Å². The Kier molecular flexibility index (Phi) is 5.85. The number of amides is 1. The lowest BCUT2D eigenvalue weighted by atomic mass is 10.0. The van der Waals surface area contributed by atoms with Crippen molar-refractivity contribution in [3.63, 3.8) is 0 Å². The summed E-state index contributed by atoms with van der Waals surface area (Å²) in [7, 11) is 0. The largest absolute Gasteiger partial charge is 0.379 e. The standard InChI is InChI=1S/C26H26N4O2/c31-26(23-8-4-5-9-24(23)28-21-6-2-1-3-7-21)30-14-15-32-18-19(17-30)16-22-11-10-20-12-13-27-25(20)29-22/h1-13,19,28H,14-18H2,(H,27,29)/t19-/m0/s1. The van der Waals surface area contributed by atoms with Crippen LogP contribution in [-0.2, 0) is 11.2 Å². The van der Waals surface area contributed by atoms with Gasteiger partial charge in [-0.05, 0) is 48.9 Å². The molecule has 2 aromatic carbocycles. The number of ether oxygens (including phenoxy) is 1. The fourth-order valence-electron chi connectivity index (χ4n) is 4.19. The fraction of sp³-hybridized carbons (Fsp3) is 0.231. The number of nitrogens with zero attached hydrogens (tertiary/aromatic N) is 2. The average molecular weight is 427 g/mol. The van der Waals surface area contributed by atoms with E-state index >= 15 is 0 Å². The van der Waals surface area contributed by atoms with Crippen LogP contribution in [0.3, 0.4) is 0 Å². The smallest absolute Gasteiger partial charge is 0.256 e. The molecule has 0 saturated carbocycles. The number of carbonyl (C=O) groups is 1. The third-order valence-corrected chi connectivity index (χ3v) is 5.80. The van der Waals surface area contributed by atoms with Gasteiger partial charge < -0.3 is 19.9 Å². The van der Waals surface area contributed by atoms with Crippen LogP contribution in [0.5, 0.6) is 0 Å². The number of rotatable bonds is 5. The fourth-order valence-corrected chi connectivity index (χ4v) is 4.19. The number of hydrogen-bond acceptors (Lipinski definition) is 4. The molecule has 4 aromatic rings. The van der Waals surface area contributed by atoms with Gasteiger partial charge in [0.1, 0.15) is 5.65 Å². The number of hydrogen-bond donors (Lipinski definition) is 2. The zero-order chi connectivity index (χ0) is 21.8. The summed E-state index contributed by atoms with van der Waals surface area (Å²) in [6.07, 6.45) is 2.67. The highest BCUT2D eigenvalue weighted by Crippen LogP contribution is 2.24. The number of para-hydroxylation sites is 2. The second-order valence-corrected chi connectivity index (χ2v) is 8.15. The van der Waals surface area contributed by atoms with Crippen molar-refractivity contribution in [3.05, 3.63) is 90.3 Å². The first-order valence-electron chi connectivity index (χ1n) is 11.0. The molecule has 162 valence electrons. The first-order valence-corrected chi connectivity index (χ1v) is 11.0. The lowest BCUT2D eigenvalue weighted by molar-refractivity contribution is 0.0738. The Labute approximate surface area is 187 Å². The van der Waals surface area contributed by atoms with E-state index in [0.717, 1.165) is 34.5 Å². The first-order chi connectivity index (χ1) is 15.8. The lowest BCUT2D eigenvalue weighted by Gasteiger charge is -2.25. The Balaban J connectivity index is 1.33. The second kappa shape index (κ2) is 9.24. The minimum absolute atomic E-state index is 0.0207. The van der Waals surface area contributed by atoms with Crippen LogP contribution >= 0.6 is 0 Å². The molecule has 1 saturated heterocycles. The molecule has 0 unspecified atom stereocenters. The molecule has 2 aromatic heterocycles. The van der Waals surface area contributed by atoms with Gasteiger partial charge in [0.15, 0.2) is 0 Å². The number of H-pyrrole nitrogens is 1. The van der Waals surface area contributed by atoms with E-state index in [0.29, 0.717) is 31.9 Å². The Morgan fingerprint density at radius 3 is 2.81 bits per heavy atom. The summed E-state index contributed by atoms with van der Waals surface area (Å²) in [6, 6.07) is 23.7. The molecule has 2 N–H and O–H groups in total. The summed E-state index contributed by atoms with van der Waals surface area (Å²) in [5.74, 6) is 0.211. The Morgan fingerprint density at radius 1 is 1.06 bits per heavy atom. The Morgan fingerprint density at radius 2 is 1.91 bits per heavy atom. The van der Waals surface area contributed by atoms with E-state index in [1.54, 1.807) is 0 Å². The maximum Gasteiger partial charge on any atom is 0.256 e. The van der Waals surface area contributed by atoms with Crippen LogP contribution in [0.15, 0.2) is 79.0 Å². The maximum atomic E-state index is 13.5. The average Bonchev–Trinajstić information content (AvgIpc) is 3.17. The Hall–Kier alpha value is -3.64. The van der Waals surface area contributed by atoms with E-state index in [4.69, 9.17) is 9.72 Å². The van der Waals surface area contributed by atoms with Crippen molar-refractivity contribution in [3.8, 4) is 0 Å². The van der Waals surface area contributed by atoms with E-state index in [1.807, 2.05) is 71.8 Å². The third kappa shape index (κ3) is 4.50. The predicted molar refractivity (Wildman–Crippen MR) is 126 cm³/mol. The zero-order valence-corrected chi connectivity index (χ0v) is 17.8. The van der Waals surface area contributed by atoms with E-state index in [2.05, 4.69) is 22.4 Å². The van der Waals surface area contributed by atoms with Crippen LogP contribution in [0.25, 0.3) is 11.0 Å². The van der Waals surface area contributed by atoms with Crippen LogP contribution in [0.1, 0.15) is 16.1 Å². The molecule has 0 radical (unpaired) electrons. The van der Waals surface area contributed by atoms with E-state index < -0.39 is 0 Å². The van der Waals surface area contributed by atoms with Crippen LogP contribution in [-0.4, -0.2) is 47.1 Å². The molecule has 0 bridgehead atoms. The molecule has 1 amide bonds. The highest BCUT2D eigenvalue weighted by molar-refractivity contribution is 6.00. The molecule has 5 rings (SSSR count). The molecule has 0 aliphatic carbocycles. The zero-order valence-electron chi connectivity index (χ0n) is 17.8. The predicted octanol–water partition coefficient (Wildman–Crippen LogP) is 4.64. The third-order valence-electron chi connectivity index (χ3n) is 5.80. The maximum absolute atomic E-state index is 13.5. The molecule has 1 aliphatic heterocycles. The minimum atomic E-state index is 0.0207. The second-order valence-electron chi connectivity index (χ2n) is 8.15. The van der Waals surface area contributed by atoms with Gasteiger partial charge >= 0.3 is 0 Å². The summed E-state index contributed by atoms with van der Waals surface area (Å²) >= 11 is 0. The van der Waals surface area contributed by atoms with Crippen LogP contribution < -0.4 is 5.32 Å². The molecular weight excluding hydrogens is 400 g/mol. The van der Waals surface area contributed by atoms with Crippen molar-refractivity contribution < 1.29 is 9.53 Å². The highest BCUT2D eigenvalue weighted by atomic mass is 16.5. The number of anilines is 2. The molecule has 3 heterocycles. The van der Waals surface area contributed by atoms with Crippen molar-refractivity contribution in [1.29, 1.82) is 0 Å².